The lowest BCUT2D eigenvalue weighted by molar-refractivity contribution is 0.0689. The summed E-state index contributed by atoms with van der Waals surface area (Å²) >= 11 is 0. The number of nitrogens with zero attached hydrogens (tertiary/aromatic N) is 3. The SMILES string of the molecule is NCCc1c(C(=O)O)nnn1Cc1cc(=O)c(O)co1. The zero-order valence-corrected chi connectivity index (χ0v) is 10.3. The fraction of sp³-hybridized carbons (Fsp3) is 0.273. The van der Waals surface area contributed by atoms with Gasteiger partial charge in [0.15, 0.2) is 11.4 Å². The highest BCUT2D eigenvalue weighted by atomic mass is 16.4. The summed E-state index contributed by atoms with van der Waals surface area (Å²) in [5.41, 5.74) is 4.99. The molecule has 0 unspecified atom stereocenters. The van der Waals surface area contributed by atoms with Gasteiger partial charge in [0.1, 0.15) is 18.6 Å². The Hall–Kier alpha value is -2.68. The molecule has 20 heavy (non-hydrogen) atoms. The molecule has 0 aromatic carbocycles. The van der Waals surface area contributed by atoms with Crippen molar-refractivity contribution in [2.45, 2.75) is 13.0 Å². The standard InChI is InChI=1S/C11H12N4O5/c12-2-1-7-10(11(18)19)13-14-15(7)4-6-3-8(16)9(17)5-20-6/h3,5,17H,1-2,4,12H2,(H,18,19). The molecular formula is C11H12N4O5. The van der Waals surface area contributed by atoms with Gasteiger partial charge in [0.25, 0.3) is 0 Å². The van der Waals surface area contributed by atoms with Crippen LogP contribution in [0.25, 0.3) is 0 Å². The minimum atomic E-state index is -1.20. The fourth-order valence-electron chi connectivity index (χ4n) is 1.68. The van der Waals surface area contributed by atoms with Crippen LogP contribution >= 0.6 is 0 Å². The van der Waals surface area contributed by atoms with E-state index < -0.39 is 17.1 Å². The summed E-state index contributed by atoms with van der Waals surface area (Å²) in [5.74, 6) is -1.49. The maximum Gasteiger partial charge on any atom is 0.358 e. The average Bonchev–Trinajstić information content (AvgIpc) is 2.78. The lowest BCUT2D eigenvalue weighted by atomic mass is 10.2. The third kappa shape index (κ3) is 2.67. The third-order valence-electron chi connectivity index (χ3n) is 2.59. The predicted octanol–water partition coefficient (Wildman–Crippen LogP) is -0.815. The molecule has 0 spiro atoms. The number of carboxylic acids is 1. The van der Waals surface area contributed by atoms with Gasteiger partial charge in [0.05, 0.1) is 5.69 Å². The van der Waals surface area contributed by atoms with Gasteiger partial charge in [0, 0.05) is 12.5 Å². The van der Waals surface area contributed by atoms with Crippen molar-refractivity contribution < 1.29 is 19.4 Å². The van der Waals surface area contributed by atoms with Crippen molar-refractivity contribution >= 4 is 5.97 Å². The molecule has 9 heteroatoms. The Kier molecular flexibility index (Phi) is 3.80. The van der Waals surface area contributed by atoms with E-state index in [1.807, 2.05) is 0 Å². The molecule has 2 aromatic heterocycles. The van der Waals surface area contributed by atoms with Crippen LogP contribution in [0, 0.1) is 0 Å². The molecule has 9 nitrogen and oxygen atoms in total. The monoisotopic (exact) mass is 280 g/mol. The molecule has 106 valence electrons. The van der Waals surface area contributed by atoms with Crippen molar-refractivity contribution in [1.82, 2.24) is 15.0 Å². The Morgan fingerprint density at radius 1 is 1.50 bits per heavy atom. The van der Waals surface area contributed by atoms with Gasteiger partial charge in [-0.25, -0.2) is 9.48 Å². The van der Waals surface area contributed by atoms with Crippen molar-refractivity contribution in [3.63, 3.8) is 0 Å². The van der Waals surface area contributed by atoms with Gasteiger partial charge in [0.2, 0.25) is 5.43 Å². The van der Waals surface area contributed by atoms with E-state index in [9.17, 15) is 9.59 Å². The number of carboxylic acid groups (broad SMARTS) is 1. The van der Waals surface area contributed by atoms with Crippen LogP contribution in [-0.2, 0) is 13.0 Å². The van der Waals surface area contributed by atoms with E-state index in [0.29, 0.717) is 5.69 Å². The third-order valence-corrected chi connectivity index (χ3v) is 2.59. The number of aromatic hydroxyl groups is 1. The van der Waals surface area contributed by atoms with Crippen LogP contribution in [0.5, 0.6) is 5.75 Å². The number of nitrogens with two attached hydrogens (primary N) is 1. The Balaban J connectivity index is 2.35. The molecule has 0 amide bonds. The number of hydrogen-bond acceptors (Lipinski definition) is 7. The first-order chi connectivity index (χ1) is 9.52. The van der Waals surface area contributed by atoms with Crippen molar-refractivity contribution in [3.05, 3.63) is 39.7 Å². The van der Waals surface area contributed by atoms with Crippen molar-refractivity contribution in [3.8, 4) is 5.75 Å². The van der Waals surface area contributed by atoms with Gasteiger partial charge < -0.3 is 20.4 Å². The summed E-state index contributed by atoms with van der Waals surface area (Å²) in [6.07, 6.45) is 1.19. The van der Waals surface area contributed by atoms with E-state index in [0.717, 1.165) is 12.3 Å². The maximum atomic E-state index is 11.3. The average molecular weight is 280 g/mol. The minimum Gasteiger partial charge on any atom is -0.502 e. The van der Waals surface area contributed by atoms with E-state index in [2.05, 4.69) is 10.3 Å². The molecule has 2 heterocycles. The Labute approximate surface area is 112 Å². The molecule has 4 N–H and O–H groups in total. The molecule has 0 atom stereocenters. The number of carbonyl (C=O) groups is 1. The van der Waals surface area contributed by atoms with E-state index in [4.69, 9.17) is 20.4 Å². The lowest BCUT2D eigenvalue weighted by Gasteiger charge is -2.05. The predicted molar refractivity (Wildman–Crippen MR) is 65.5 cm³/mol. The van der Waals surface area contributed by atoms with Crippen LogP contribution in [0.1, 0.15) is 21.9 Å². The molecule has 0 bridgehead atoms. The van der Waals surface area contributed by atoms with Gasteiger partial charge in [-0.1, -0.05) is 5.21 Å². The molecule has 0 saturated carbocycles. The molecule has 0 radical (unpaired) electrons. The number of hydrogen-bond donors (Lipinski definition) is 3. The molecule has 2 aromatic rings. The van der Waals surface area contributed by atoms with Gasteiger partial charge in [-0.05, 0) is 6.54 Å². The summed E-state index contributed by atoms with van der Waals surface area (Å²) in [7, 11) is 0. The topological polar surface area (TPSA) is 144 Å². The normalized spacial score (nSPS) is 10.7. The van der Waals surface area contributed by atoms with Gasteiger partial charge in [-0.15, -0.1) is 5.10 Å². The van der Waals surface area contributed by atoms with Crippen molar-refractivity contribution in [2.75, 3.05) is 6.54 Å². The Morgan fingerprint density at radius 3 is 2.85 bits per heavy atom. The van der Waals surface area contributed by atoms with Crippen LogP contribution in [0.2, 0.25) is 0 Å². The summed E-state index contributed by atoms with van der Waals surface area (Å²) in [4.78, 5) is 22.3. The number of aromatic carboxylic acids is 1. The van der Waals surface area contributed by atoms with E-state index in [1.165, 1.54) is 4.68 Å². The second-order valence-corrected chi connectivity index (χ2v) is 3.98. The molecule has 0 aliphatic rings. The minimum absolute atomic E-state index is 0.0190. The van der Waals surface area contributed by atoms with Crippen molar-refractivity contribution in [2.24, 2.45) is 5.73 Å². The van der Waals surface area contributed by atoms with Gasteiger partial charge in [-0.3, -0.25) is 4.79 Å². The Morgan fingerprint density at radius 2 is 2.25 bits per heavy atom. The zero-order chi connectivity index (χ0) is 14.7. The van der Waals surface area contributed by atoms with Gasteiger partial charge in [-0.2, -0.15) is 0 Å². The second kappa shape index (κ2) is 5.53. The lowest BCUT2D eigenvalue weighted by Crippen LogP contribution is -2.14. The molecule has 2 rings (SSSR count). The molecule has 0 aliphatic heterocycles. The summed E-state index contributed by atoms with van der Waals surface area (Å²) in [6.45, 7) is 0.248. The Bertz CT molecular complexity index is 690. The maximum absolute atomic E-state index is 11.3. The van der Waals surface area contributed by atoms with Crippen LogP contribution < -0.4 is 11.2 Å². The molecule has 0 aliphatic carbocycles. The highest BCUT2D eigenvalue weighted by Gasteiger charge is 2.19. The highest BCUT2D eigenvalue weighted by molar-refractivity contribution is 5.86. The number of rotatable bonds is 5. The van der Waals surface area contributed by atoms with Gasteiger partial charge >= 0.3 is 5.97 Å². The first-order valence-corrected chi connectivity index (χ1v) is 5.69. The zero-order valence-electron chi connectivity index (χ0n) is 10.3. The van der Waals surface area contributed by atoms with Crippen LogP contribution in [-0.4, -0.2) is 37.7 Å². The quantitative estimate of drug-likeness (QED) is 0.644. The van der Waals surface area contributed by atoms with E-state index in [1.54, 1.807) is 0 Å². The number of aromatic nitrogens is 3. The highest BCUT2D eigenvalue weighted by Crippen LogP contribution is 2.10. The van der Waals surface area contributed by atoms with E-state index in [-0.39, 0.29) is 31.0 Å². The molecule has 0 fully saturated rings. The fourth-order valence-corrected chi connectivity index (χ4v) is 1.68. The smallest absolute Gasteiger partial charge is 0.358 e. The first kappa shape index (κ1) is 13.7. The summed E-state index contributed by atoms with van der Waals surface area (Å²) in [6, 6.07) is 1.10. The summed E-state index contributed by atoms with van der Waals surface area (Å²) in [5, 5.41) is 25.3. The van der Waals surface area contributed by atoms with Crippen LogP contribution in [0.3, 0.4) is 0 Å². The second-order valence-electron chi connectivity index (χ2n) is 3.98. The van der Waals surface area contributed by atoms with E-state index >= 15 is 0 Å². The van der Waals surface area contributed by atoms with Crippen LogP contribution in [0.4, 0.5) is 0 Å². The first-order valence-electron chi connectivity index (χ1n) is 5.69. The summed E-state index contributed by atoms with van der Waals surface area (Å²) < 4.78 is 6.33. The van der Waals surface area contributed by atoms with Crippen LogP contribution in [0.15, 0.2) is 21.5 Å². The molecular weight excluding hydrogens is 268 g/mol. The van der Waals surface area contributed by atoms with Crippen molar-refractivity contribution in [1.29, 1.82) is 0 Å². The largest absolute Gasteiger partial charge is 0.502 e. The molecule has 0 saturated heterocycles.